The first-order chi connectivity index (χ1) is 9.47. The molecule has 0 heterocycles. The molecule has 110 valence electrons. The van der Waals surface area contributed by atoms with Gasteiger partial charge in [-0.25, -0.2) is 9.59 Å². The van der Waals surface area contributed by atoms with Gasteiger partial charge in [0.2, 0.25) is 0 Å². The Morgan fingerprint density at radius 2 is 1.70 bits per heavy atom. The summed E-state index contributed by atoms with van der Waals surface area (Å²) in [6.07, 6.45) is 0.470. The topological polar surface area (TPSA) is 81.1 Å². The van der Waals surface area contributed by atoms with Crippen molar-refractivity contribution < 1.29 is 19.8 Å². The zero-order valence-electron chi connectivity index (χ0n) is 11.7. The van der Waals surface area contributed by atoms with Gasteiger partial charge in [0.25, 0.3) is 0 Å². The maximum Gasteiger partial charge on any atom is 0.335 e. The smallest absolute Gasteiger partial charge is 0.335 e. The minimum absolute atomic E-state index is 0.0854. The predicted octanol–water partition coefficient (Wildman–Crippen LogP) is 0.903. The molecule has 0 saturated carbocycles. The van der Waals surface area contributed by atoms with Crippen LogP contribution in [0.3, 0.4) is 0 Å². The molecule has 2 N–H and O–H groups in total. The SMILES string of the molecule is CN(CCO)C(=O)N(C)CCc1ccccc1C(=O)O. The molecule has 0 aliphatic heterocycles. The summed E-state index contributed by atoms with van der Waals surface area (Å²) in [5.74, 6) is -0.966. The van der Waals surface area contributed by atoms with Gasteiger partial charge in [-0.05, 0) is 18.1 Å². The zero-order valence-corrected chi connectivity index (χ0v) is 11.7. The predicted molar refractivity (Wildman–Crippen MR) is 74.8 cm³/mol. The van der Waals surface area contributed by atoms with Gasteiger partial charge in [0, 0.05) is 27.2 Å². The lowest BCUT2D eigenvalue weighted by molar-refractivity contribution is 0.0695. The van der Waals surface area contributed by atoms with Crippen LogP contribution in [0.2, 0.25) is 0 Å². The number of hydrogen-bond acceptors (Lipinski definition) is 3. The van der Waals surface area contributed by atoms with Crippen molar-refractivity contribution in [3.8, 4) is 0 Å². The second kappa shape index (κ2) is 7.49. The zero-order chi connectivity index (χ0) is 15.1. The third kappa shape index (κ3) is 4.24. The van der Waals surface area contributed by atoms with Gasteiger partial charge >= 0.3 is 12.0 Å². The molecule has 6 nitrogen and oxygen atoms in total. The van der Waals surface area contributed by atoms with E-state index in [-0.39, 0.29) is 24.7 Å². The second-order valence-corrected chi connectivity index (χ2v) is 4.56. The lowest BCUT2D eigenvalue weighted by Crippen LogP contribution is -2.41. The molecule has 0 aromatic heterocycles. The number of hydrogen-bond donors (Lipinski definition) is 2. The fraction of sp³-hybridized carbons (Fsp3) is 0.429. The van der Waals surface area contributed by atoms with Crippen LogP contribution in [0.15, 0.2) is 24.3 Å². The molecule has 0 radical (unpaired) electrons. The van der Waals surface area contributed by atoms with Crippen LogP contribution < -0.4 is 0 Å². The fourth-order valence-corrected chi connectivity index (χ4v) is 1.87. The molecule has 1 aromatic rings. The lowest BCUT2D eigenvalue weighted by atomic mass is 10.0. The Morgan fingerprint density at radius 3 is 2.30 bits per heavy atom. The van der Waals surface area contributed by atoms with E-state index in [4.69, 9.17) is 10.2 Å². The minimum Gasteiger partial charge on any atom is -0.478 e. The van der Waals surface area contributed by atoms with Crippen LogP contribution in [0.1, 0.15) is 15.9 Å². The molecule has 20 heavy (non-hydrogen) atoms. The van der Waals surface area contributed by atoms with Crippen molar-refractivity contribution in [3.05, 3.63) is 35.4 Å². The molecular formula is C14H20N2O4. The van der Waals surface area contributed by atoms with Gasteiger partial charge in [0.05, 0.1) is 12.2 Å². The van der Waals surface area contributed by atoms with Crippen LogP contribution in [-0.4, -0.2) is 65.8 Å². The van der Waals surface area contributed by atoms with E-state index >= 15 is 0 Å². The van der Waals surface area contributed by atoms with E-state index in [1.807, 2.05) is 0 Å². The molecule has 0 spiro atoms. The summed E-state index contributed by atoms with van der Waals surface area (Å²) in [5.41, 5.74) is 0.960. The van der Waals surface area contributed by atoms with Crippen molar-refractivity contribution in [3.63, 3.8) is 0 Å². The van der Waals surface area contributed by atoms with Gasteiger partial charge in [-0.15, -0.1) is 0 Å². The van der Waals surface area contributed by atoms with E-state index in [0.29, 0.717) is 18.5 Å². The molecule has 0 aliphatic rings. The van der Waals surface area contributed by atoms with Gasteiger partial charge < -0.3 is 20.0 Å². The van der Waals surface area contributed by atoms with E-state index in [9.17, 15) is 9.59 Å². The summed E-state index contributed by atoms with van der Waals surface area (Å²) in [6, 6.07) is 6.56. The maximum atomic E-state index is 11.9. The molecular weight excluding hydrogens is 260 g/mol. The number of urea groups is 1. The largest absolute Gasteiger partial charge is 0.478 e. The number of likely N-dealkylation sites (N-methyl/N-ethyl adjacent to an activating group) is 2. The molecule has 2 amide bonds. The van der Waals surface area contributed by atoms with Crippen LogP contribution in [0.25, 0.3) is 0 Å². The molecule has 0 saturated heterocycles. The lowest BCUT2D eigenvalue weighted by Gasteiger charge is -2.24. The number of carboxylic acids is 1. The molecule has 0 fully saturated rings. The minimum atomic E-state index is -0.966. The molecule has 0 aliphatic carbocycles. The average Bonchev–Trinajstić information content (AvgIpc) is 2.44. The highest BCUT2D eigenvalue weighted by Gasteiger charge is 2.15. The third-order valence-corrected chi connectivity index (χ3v) is 3.05. The molecule has 1 rings (SSSR count). The quantitative estimate of drug-likeness (QED) is 0.811. The van der Waals surface area contributed by atoms with E-state index in [1.54, 1.807) is 38.4 Å². The standard InChI is InChI=1S/C14H20N2O4/c1-15(14(20)16(2)9-10-17)8-7-11-5-3-4-6-12(11)13(18)19/h3-6,17H,7-10H2,1-2H3,(H,18,19). The van der Waals surface area contributed by atoms with E-state index in [2.05, 4.69) is 0 Å². The second-order valence-electron chi connectivity index (χ2n) is 4.56. The van der Waals surface area contributed by atoms with E-state index in [0.717, 1.165) is 0 Å². The van der Waals surface area contributed by atoms with Gasteiger partial charge in [-0.3, -0.25) is 0 Å². The Labute approximate surface area is 118 Å². The summed E-state index contributed by atoms with van der Waals surface area (Å²) in [7, 11) is 3.26. The van der Waals surface area contributed by atoms with Gasteiger partial charge in [-0.2, -0.15) is 0 Å². The van der Waals surface area contributed by atoms with Crippen molar-refractivity contribution in [2.24, 2.45) is 0 Å². The summed E-state index contributed by atoms with van der Waals surface area (Å²) < 4.78 is 0. The van der Waals surface area contributed by atoms with Crippen LogP contribution in [-0.2, 0) is 6.42 Å². The van der Waals surface area contributed by atoms with Crippen molar-refractivity contribution in [2.75, 3.05) is 33.8 Å². The number of carbonyl (C=O) groups is 2. The van der Waals surface area contributed by atoms with Crippen LogP contribution in [0, 0.1) is 0 Å². The Bertz CT molecular complexity index is 476. The maximum absolute atomic E-state index is 11.9. The molecule has 0 atom stereocenters. The van der Waals surface area contributed by atoms with Crippen LogP contribution in [0.4, 0.5) is 4.79 Å². The number of aromatic carboxylic acids is 1. The number of carbonyl (C=O) groups excluding carboxylic acids is 1. The monoisotopic (exact) mass is 280 g/mol. The average molecular weight is 280 g/mol. The normalized spacial score (nSPS) is 10.2. The molecule has 0 unspecified atom stereocenters. The van der Waals surface area contributed by atoms with Crippen molar-refractivity contribution in [1.82, 2.24) is 9.80 Å². The van der Waals surface area contributed by atoms with Gasteiger partial charge in [0.1, 0.15) is 0 Å². The number of amides is 2. The Balaban J connectivity index is 2.63. The fourth-order valence-electron chi connectivity index (χ4n) is 1.87. The van der Waals surface area contributed by atoms with Crippen LogP contribution in [0.5, 0.6) is 0 Å². The highest BCUT2D eigenvalue weighted by molar-refractivity contribution is 5.89. The first-order valence-electron chi connectivity index (χ1n) is 6.35. The van der Waals surface area contributed by atoms with E-state index in [1.165, 1.54) is 9.80 Å². The van der Waals surface area contributed by atoms with Gasteiger partial charge in [0.15, 0.2) is 0 Å². The summed E-state index contributed by atoms with van der Waals surface area (Å²) in [4.78, 5) is 25.9. The number of rotatable bonds is 6. The Kier molecular flexibility index (Phi) is 5.99. The summed E-state index contributed by atoms with van der Waals surface area (Å²) >= 11 is 0. The highest BCUT2D eigenvalue weighted by atomic mass is 16.4. The number of benzene rings is 1. The Morgan fingerprint density at radius 1 is 1.10 bits per heavy atom. The Hall–Kier alpha value is -2.08. The van der Waals surface area contributed by atoms with Crippen molar-refractivity contribution >= 4 is 12.0 Å². The molecule has 0 bridgehead atoms. The number of aliphatic hydroxyl groups is 1. The third-order valence-electron chi connectivity index (χ3n) is 3.05. The number of aliphatic hydroxyl groups excluding tert-OH is 1. The first kappa shape index (κ1) is 16.0. The first-order valence-corrected chi connectivity index (χ1v) is 6.35. The molecule has 1 aromatic carbocycles. The number of nitrogens with zero attached hydrogens (tertiary/aromatic N) is 2. The highest BCUT2D eigenvalue weighted by Crippen LogP contribution is 2.10. The van der Waals surface area contributed by atoms with Crippen molar-refractivity contribution in [1.29, 1.82) is 0 Å². The van der Waals surface area contributed by atoms with Gasteiger partial charge in [-0.1, -0.05) is 18.2 Å². The van der Waals surface area contributed by atoms with Crippen molar-refractivity contribution in [2.45, 2.75) is 6.42 Å². The van der Waals surface area contributed by atoms with E-state index < -0.39 is 5.97 Å². The molecule has 6 heteroatoms. The summed E-state index contributed by atoms with van der Waals surface area (Å²) in [6.45, 7) is 0.603. The number of carboxylic acid groups (broad SMARTS) is 1. The summed E-state index contributed by atoms with van der Waals surface area (Å²) in [5, 5.41) is 17.9. The van der Waals surface area contributed by atoms with Crippen LogP contribution >= 0.6 is 0 Å².